The Labute approximate surface area is 206 Å². The number of hydrogen-bond donors (Lipinski definition) is 4. The number of benzene rings is 1. The summed E-state index contributed by atoms with van der Waals surface area (Å²) < 4.78 is 32.0. The van der Waals surface area contributed by atoms with Crippen molar-refractivity contribution in [3.05, 3.63) is 47.2 Å². The second kappa shape index (κ2) is 9.94. The third kappa shape index (κ3) is 5.32. The van der Waals surface area contributed by atoms with E-state index in [0.717, 1.165) is 21.3 Å². The van der Waals surface area contributed by atoms with Gasteiger partial charge >= 0.3 is 5.97 Å². The van der Waals surface area contributed by atoms with Crippen molar-refractivity contribution in [2.24, 2.45) is 0 Å². The average molecular weight is 543 g/mol. The highest BCUT2D eigenvalue weighted by Crippen LogP contribution is 2.41. The van der Waals surface area contributed by atoms with Gasteiger partial charge in [0.25, 0.3) is 21.9 Å². The van der Waals surface area contributed by atoms with E-state index in [9.17, 15) is 33.0 Å². The van der Waals surface area contributed by atoms with Gasteiger partial charge in [-0.15, -0.1) is 16.9 Å². The number of aliphatic hydroxyl groups is 1. The first-order chi connectivity index (χ1) is 16.6. The summed E-state index contributed by atoms with van der Waals surface area (Å²) in [6, 6.07) is 7.17. The number of rotatable bonds is 9. The molecule has 35 heavy (non-hydrogen) atoms. The molecule has 0 spiro atoms. The van der Waals surface area contributed by atoms with Gasteiger partial charge in [-0.25, -0.2) is 9.48 Å². The zero-order chi connectivity index (χ0) is 25.3. The molecule has 2 amide bonds. The van der Waals surface area contributed by atoms with Crippen molar-refractivity contribution in [1.29, 1.82) is 0 Å². The number of amides is 2. The van der Waals surface area contributed by atoms with Crippen LogP contribution in [0.3, 0.4) is 0 Å². The fourth-order valence-corrected chi connectivity index (χ4v) is 6.43. The topological polar surface area (TPSA) is 205 Å². The van der Waals surface area contributed by atoms with Gasteiger partial charge in [0.1, 0.15) is 17.1 Å². The summed E-state index contributed by atoms with van der Waals surface area (Å²) in [6.07, 6.45) is -1.48. The summed E-state index contributed by atoms with van der Waals surface area (Å²) in [4.78, 5) is 38.3. The molecular formula is C18H18N6O8S3. The van der Waals surface area contributed by atoms with Crippen molar-refractivity contribution < 1.29 is 37.6 Å². The van der Waals surface area contributed by atoms with Gasteiger partial charge < -0.3 is 15.5 Å². The molecule has 1 aromatic carbocycles. The molecule has 0 aliphatic carbocycles. The number of tetrazole rings is 1. The molecule has 0 saturated carbocycles. The molecular weight excluding hydrogens is 524 g/mol. The van der Waals surface area contributed by atoms with Crippen LogP contribution in [-0.4, -0.2) is 89.0 Å². The fraction of sp³-hybridized carbons (Fsp3) is 0.333. The van der Waals surface area contributed by atoms with Crippen molar-refractivity contribution in [2.45, 2.75) is 28.6 Å². The van der Waals surface area contributed by atoms with E-state index < -0.39 is 51.3 Å². The van der Waals surface area contributed by atoms with Crippen LogP contribution >= 0.6 is 23.5 Å². The summed E-state index contributed by atoms with van der Waals surface area (Å²) in [7, 11) is -4.40. The molecule has 0 bridgehead atoms. The molecule has 186 valence electrons. The third-order valence-electron chi connectivity index (χ3n) is 5.07. The van der Waals surface area contributed by atoms with Crippen LogP contribution in [0.5, 0.6) is 0 Å². The molecule has 4 rings (SSSR count). The second-order valence-electron chi connectivity index (χ2n) is 7.43. The Kier molecular flexibility index (Phi) is 7.13. The molecule has 1 aromatic heterocycles. The van der Waals surface area contributed by atoms with Crippen LogP contribution in [0.25, 0.3) is 0 Å². The van der Waals surface area contributed by atoms with Crippen molar-refractivity contribution >= 4 is 51.4 Å². The third-order valence-corrected chi connectivity index (χ3v) is 8.03. The van der Waals surface area contributed by atoms with Crippen LogP contribution in [0, 0.1) is 0 Å². The number of hydrogen-bond acceptors (Lipinski definition) is 11. The van der Waals surface area contributed by atoms with E-state index >= 15 is 0 Å². The van der Waals surface area contributed by atoms with E-state index in [0.29, 0.717) is 11.1 Å². The minimum atomic E-state index is -4.40. The number of carboxylic acid groups (broad SMARTS) is 1. The number of carbonyl (C=O) groups is 3. The minimum Gasteiger partial charge on any atom is -0.477 e. The number of β-lactam (4-membered cyclic amide) rings is 1. The van der Waals surface area contributed by atoms with Crippen LogP contribution in [-0.2, 0) is 30.4 Å². The largest absolute Gasteiger partial charge is 0.477 e. The normalized spacial score (nSPS) is 20.7. The first-order valence-corrected chi connectivity index (χ1v) is 13.5. The average Bonchev–Trinajstić information content (AvgIpc) is 3.25. The Morgan fingerprint density at radius 1 is 1.29 bits per heavy atom. The number of carbonyl (C=O) groups excluding carboxylic acids is 2. The number of aromatic nitrogens is 4. The lowest BCUT2D eigenvalue weighted by molar-refractivity contribution is -0.151. The van der Waals surface area contributed by atoms with E-state index in [1.54, 1.807) is 30.3 Å². The maximum Gasteiger partial charge on any atom is 0.352 e. The molecule has 14 nitrogen and oxygen atoms in total. The van der Waals surface area contributed by atoms with Crippen LogP contribution in [0.15, 0.2) is 46.8 Å². The quantitative estimate of drug-likeness (QED) is 0.172. The highest BCUT2D eigenvalue weighted by molar-refractivity contribution is 8.01. The van der Waals surface area contributed by atoms with Gasteiger partial charge in [0.15, 0.2) is 12.0 Å². The molecule has 3 atom stereocenters. The number of aliphatic hydroxyl groups excluding tert-OH is 1. The van der Waals surface area contributed by atoms with E-state index in [2.05, 4.69) is 20.8 Å². The Hall–Kier alpha value is -2.99. The predicted molar refractivity (Wildman–Crippen MR) is 121 cm³/mol. The number of nitrogens with zero attached hydrogens (tertiary/aromatic N) is 5. The Morgan fingerprint density at radius 2 is 2.00 bits per heavy atom. The summed E-state index contributed by atoms with van der Waals surface area (Å²) in [6.45, 7) is 0. The number of fused-ring (bicyclic) bond motifs is 1. The molecule has 3 heterocycles. The molecule has 17 heteroatoms. The molecule has 2 aliphatic rings. The van der Waals surface area contributed by atoms with Gasteiger partial charge in [0, 0.05) is 11.5 Å². The number of carboxylic acids is 1. The zero-order valence-electron chi connectivity index (χ0n) is 17.6. The molecule has 4 N–H and O–H groups in total. The maximum atomic E-state index is 12.8. The van der Waals surface area contributed by atoms with Crippen LogP contribution in [0.4, 0.5) is 0 Å². The highest BCUT2D eigenvalue weighted by atomic mass is 32.2. The van der Waals surface area contributed by atoms with Crippen molar-refractivity contribution in [3.8, 4) is 0 Å². The second-order valence-corrected chi connectivity index (χ2v) is 10.9. The molecule has 0 unspecified atom stereocenters. The first-order valence-electron chi connectivity index (χ1n) is 9.84. The number of nitrogens with one attached hydrogen (secondary N) is 1. The SMILES string of the molecule is O=C(O)C1=C(CSc2nnnn2CS(=O)(=O)O)CS[C@H]2[C@H](NC(=O)[C@@H](O)c3ccccc3)C(=O)N12. The van der Waals surface area contributed by atoms with E-state index in [-0.39, 0.29) is 22.4 Å². The minimum absolute atomic E-state index is 0.0285. The lowest BCUT2D eigenvalue weighted by Gasteiger charge is -2.49. The van der Waals surface area contributed by atoms with Crippen molar-refractivity contribution in [3.63, 3.8) is 0 Å². The van der Waals surface area contributed by atoms with Gasteiger partial charge in [-0.2, -0.15) is 8.42 Å². The maximum absolute atomic E-state index is 12.8. The summed E-state index contributed by atoms with van der Waals surface area (Å²) in [5.41, 5.74) is 0.480. The highest BCUT2D eigenvalue weighted by Gasteiger charge is 2.54. The van der Waals surface area contributed by atoms with Gasteiger partial charge in [-0.3, -0.25) is 19.0 Å². The van der Waals surface area contributed by atoms with Gasteiger partial charge in [0.05, 0.1) is 0 Å². The number of aliphatic carboxylic acids is 1. The van der Waals surface area contributed by atoms with Crippen LogP contribution in [0.2, 0.25) is 0 Å². The Morgan fingerprint density at radius 3 is 2.66 bits per heavy atom. The lowest BCUT2D eigenvalue weighted by Crippen LogP contribution is -2.70. The monoisotopic (exact) mass is 542 g/mol. The van der Waals surface area contributed by atoms with Crippen LogP contribution < -0.4 is 5.32 Å². The summed E-state index contributed by atoms with van der Waals surface area (Å²) in [5, 5.41) is 32.4. The van der Waals surface area contributed by atoms with Crippen molar-refractivity contribution in [2.75, 3.05) is 11.5 Å². The number of thioether (sulfide) groups is 2. The van der Waals surface area contributed by atoms with Gasteiger partial charge in [-0.05, 0) is 21.6 Å². The molecule has 1 saturated heterocycles. The zero-order valence-corrected chi connectivity index (χ0v) is 20.0. The van der Waals surface area contributed by atoms with Crippen LogP contribution in [0.1, 0.15) is 11.7 Å². The fourth-order valence-electron chi connectivity index (χ4n) is 3.50. The Bertz CT molecular complexity index is 1300. The smallest absolute Gasteiger partial charge is 0.352 e. The van der Waals surface area contributed by atoms with Crippen molar-refractivity contribution in [1.82, 2.24) is 30.4 Å². The standard InChI is InChI=1S/C18H18N6O8S3/c25-13(9-4-2-1-3-5-9)14(26)19-11-15(27)24-12(17(28)29)10(6-33-16(11)24)7-34-18-20-21-22-23(18)8-35(30,31)32/h1-5,11,13,16,25H,6-8H2,(H,19,26)(H,28,29)(H,30,31,32)/t11-,13+,16+/m1/s1. The Balaban J connectivity index is 1.46. The van der Waals surface area contributed by atoms with E-state index in [1.807, 2.05) is 0 Å². The summed E-state index contributed by atoms with van der Waals surface area (Å²) in [5.74, 6) is -3.39. The first kappa shape index (κ1) is 25.1. The van der Waals surface area contributed by atoms with Gasteiger partial charge in [-0.1, -0.05) is 42.1 Å². The van der Waals surface area contributed by atoms with E-state index in [4.69, 9.17) is 4.55 Å². The molecule has 1 fully saturated rings. The molecule has 2 aromatic rings. The predicted octanol–water partition coefficient (Wildman–Crippen LogP) is -0.917. The molecule has 0 radical (unpaired) electrons. The lowest BCUT2D eigenvalue weighted by atomic mass is 10.0. The molecule has 2 aliphatic heterocycles. The summed E-state index contributed by atoms with van der Waals surface area (Å²) >= 11 is 2.17. The van der Waals surface area contributed by atoms with E-state index in [1.165, 1.54) is 11.8 Å². The van der Waals surface area contributed by atoms with Gasteiger partial charge in [0.2, 0.25) is 5.16 Å².